The predicted octanol–water partition coefficient (Wildman–Crippen LogP) is 3.08. The highest BCUT2D eigenvalue weighted by Crippen LogP contribution is 2.38. The minimum Gasteiger partial charge on any atom is -0.493 e. The molecule has 0 aliphatic carbocycles. The Morgan fingerprint density at radius 3 is 2.47 bits per heavy atom. The summed E-state index contributed by atoms with van der Waals surface area (Å²) >= 11 is 0. The molecule has 110 valence electrons. The number of methoxy groups -OCH3 is 1. The van der Waals surface area contributed by atoms with Crippen molar-refractivity contribution in [2.75, 3.05) is 13.7 Å². The minimum atomic E-state index is -4.39. The van der Waals surface area contributed by atoms with E-state index >= 15 is 0 Å². The highest BCUT2D eigenvalue weighted by atomic mass is 19.4. The average Bonchev–Trinajstić information content (AvgIpc) is 2.71. The lowest BCUT2D eigenvalue weighted by molar-refractivity contribution is -0.159. The first-order valence-corrected chi connectivity index (χ1v) is 6.24. The summed E-state index contributed by atoms with van der Waals surface area (Å²) in [6.45, 7) is 5.65. The Bertz CT molecular complexity index is 401. The zero-order valence-electron chi connectivity index (χ0n) is 11.6. The van der Waals surface area contributed by atoms with Crippen molar-refractivity contribution in [2.45, 2.75) is 45.5 Å². The van der Waals surface area contributed by atoms with E-state index in [4.69, 9.17) is 4.74 Å². The molecule has 0 amide bonds. The van der Waals surface area contributed by atoms with Gasteiger partial charge in [0.1, 0.15) is 11.7 Å². The molecule has 1 aromatic rings. The summed E-state index contributed by atoms with van der Waals surface area (Å²) in [4.78, 5) is 0. The molecule has 1 heterocycles. The monoisotopic (exact) mass is 279 g/mol. The summed E-state index contributed by atoms with van der Waals surface area (Å²) in [5, 5.41) is 6.50. The summed E-state index contributed by atoms with van der Waals surface area (Å²) in [6, 6.07) is -1.94. The molecule has 0 aliphatic heterocycles. The molecule has 0 bridgehead atoms. The smallest absolute Gasteiger partial charge is 0.409 e. The number of alkyl halides is 3. The van der Waals surface area contributed by atoms with Crippen molar-refractivity contribution >= 4 is 0 Å². The van der Waals surface area contributed by atoms with Crippen LogP contribution in [0.4, 0.5) is 13.2 Å². The van der Waals surface area contributed by atoms with Crippen molar-refractivity contribution in [1.29, 1.82) is 0 Å². The highest BCUT2D eigenvalue weighted by Gasteiger charge is 2.44. The molecule has 1 unspecified atom stereocenters. The first-order chi connectivity index (χ1) is 8.82. The molecule has 0 saturated heterocycles. The first kappa shape index (κ1) is 15.8. The lowest BCUT2D eigenvalue weighted by atomic mass is 10.1. The Kier molecular flexibility index (Phi) is 5.22. The van der Waals surface area contributed by atoms with Gasteiger partial charge in [0.2, 0.25) is 0 Å². The second kappa shape index (κ2) is 6.27. The second-order valence-electron chi connectivity index (χ2n) is 4.57. The van der Waals surface area contributed by atoms with Gasteiger partial charge in [-0.25, -0.2) is 0 Å². The molecule has 1 N–H and O–H groups in total. The van der Waals surface area contributed by atoms with Crippen LogP contribution in [0.1, 0.15) is 45.0 Å². The van der Waals surface area contributed by atoms with Gasteiger partial charge in [0.25, 0.3) is 0 Å². The number of halogens is 3. The van der Waals surface area contributed by atoms with Crippen LogP contribution < -0.4 is 10.1 Å². The molecule has 0 radical (unpaired) electrons. The second-order valence-corrected chi connectivity index (χ2v) is 4.57. The molecule has 0 spiro atoms. The summed E-state index contributed by atoms with van der Waals surface area (Å²) in [5.74, 6) is 0.152. The van der Waals surface area contributed by atoms with Crippen LogP contribution in [0.15, 0.2) is 6.20 Å². The molecule has 1 rings (SSSR count). The number of nitrogens with one attached hydrogen (secondary N) is 1. The summed E-state index contributed by atoms with van der Waals surface area (Å²) in [5.41, 5.74) is 0.0263. The maximum Gasteiger partial charge on any atom is 0.409 e. The van der Waals surface area contributed by atoms with E-state index in [1.807, 2.05) is 6.92 Å². The van der Waals surface area contributed by atoms with Crippen molar-refractivity contribution in [3.63, 3.8) is 0 Å². The van der Waals surface area contributed by atoms with Gasteiger partial charge in [-0.15, -0.1) is 0 Å². The van der Waals surface area contributed by atoms with Gasteiger partial charge in [0.05, 0.1) is 13.3 Å². The van der Waals surface area contributed by atoms with Gasteiger partial charge in [-0.05, 0) is 26.8 Å². The van der Waals surface area contributed by atoms with Crippen LogP contribution in [-0.4, -0.2) is 29.6 Å². The summed E-state index contributed by atoms with van der Waals surface area (Å²) < 4.78 is 46.0. The maximum atomic E-state index is 13.2. The van der Waals surface area contributed by atoms with Gasteiger partial charge in [-0.2, -0.15) is 18.3 Å². The quantitative estimate of drug-likeness (QED) is 0.869. The Labute approximate surface area is 110 Å². The fourth-order valence-corrected chi connectivity index (χ4v) is 1.86. The van der Waals surface area contributed by atoms with Gasteiger partial charge >= 0.3 is 6.18 Å². The highest BCUT2D eigenvalue weighted by molar-refractivity contribution is 5.30. The van der Waals surface area contributed by atoms with Crippen LogP contribution in [-0.2, 0) is 0 Å². The summed E-state index contributed by atoms with van der Waals surface area (Å²) in [7, 11) is 1.35. The number of ether oxygens (including phenoxy) is 1. The van der Waals surface area contributed by atoms with E-state index in [1.165, 1.54) is 18.0 Å². The summed E-state index contributed by atoms with van der Waals surface area (Å²) in [6.07, 6.45) is -2.46. The zero-order valence-corrected chi connectivity index (χ0v) is 11.6. The number of hydrogen-bond donors (Lipinski definition) is 1. The number of hydrogen-bond acceptors (Lipinski definition) is 3. The van der Waals surface area contributed by atoms with E-state index in [1.54, 1.807) is 13.8 Å². The van der Waals surface area contributed by atoms with Crippen molar-refractivity contribution in [3.05, 3.63) is 11.9 Å². The first-order valence-electron chi connectivity index (χ1n) is 6.24. The van der Waals surface area contributed by atoms with Crippen molar-refractivity contribution in [1.82, 2.24) is 15.1 Å². The van der Waals surface area contributed by atoms with Crippen molar-refractivity contribution in [2.24, 2.45) is 0 Å². The van der Waals surface area contributed by atoms with Crippen LogP contribution in [0.25, 0.3) is 0 Å². The number of rotatable bonds is 6. The maximum absolute atomic E-state index is 13.2. The van der Waals surface area contributed by atoms with Crippen LogP contribution in [0, 0.1) is 0 Å². The van der Waals surface area contributed by atoms with Crippen LogP contribution in [0.3, 0.4) is 0 Å². The van der Waals surface area contributed by atoms with Crippen LogP contribution in [0.5, 0.6) is 5.75 Å². The van der Waals surface area contributed by atoms with Crippen LogP contribution in [0.2, 0.25) is 0 Å². The molecule has 0 fully saturated rings. The molecule has 7 heteroatoms. The molecule has 0 saturated carbocycles. The van der Waals surface area contributed by atoms with E-state index in [-0.39, 0.29) is 24.0 Å². The molecular weight excluding hydrogens is 259 g/mol. The third kappa shape index (κ3) is 3.62. The Morgan fingerprint density at radius 1 is 1.42 bits per heavy atom. The van der Waals surface area contributed by atoms with Gasteiger partial charge in [0, 0.05) is 6.04 Å². The van der Waals surface area contributed by atoms with E-state index < -0.39 is 12.2 Å². The molecule has 1 aromatic heterocycles. The lowest BCUT2D eigenvalue weighted by Crippen LogP contribution is -2.36. The van der Waals surface area contributed by atoms with Gasteiger partial charge in [0.15, 0.2) is 5.75 Å². The molecule has 4 nitrogen and oxygen atoms in total. The fourth-order valence-electron chi connectivity index (χ4n) is 1.86. The Morgan fingerprint density at radius 2 is 2.05 bits per heavy atom. The standard InChI is InChI=1S/C12H20F3N3O/c1-5-6-16-11(12(13,14)15)10-9(19-4)7-17-18(10)8(2)3/h7-8,11,16H,5-6H2,1-4H3. The van der Waals surface area contributed by atoms with Crippen molar-refractivity contribution < 1.29 is 17.9 Å². The third-order valence-electron chi connectivity index (χ3n) is 2.71. The molecule has 0 aliphatic rings. The number of nitrogens with zero attached hydrogens (tertiary/aromatic N) is 2. The predicted molar refractivity (Wildman–Crippen MR) is 66.3 cm³/mol. The minimum absolute atomic E-state index is 0.0263. The molecule has 19 heavy (non-hydrogen) atoms. The topological polar surface area (TPSA) is 39.1 Å². The Balaban J connectivity index is 3.23. The van der Waals surface area contributed by atoms with Crippen LogP contribution >= 0.6 is 0 Å². The third-order valence-corrected chi connectivity index (χ3v) is 2.71. The lowest BCUT2D eigenvalue weighted by Gasteiger charge is -2.24. The zero-order chi connectivity index (χ0) is 14.6. The van der Waals surface area contributed by atoms with Gasteiger partial charge < -0.3 is 10.1 Å². The molecule has 0 aromatic carbocycles. The van der Waals surface area contributed by atoms with E-state index in [9.17, 15) is 13.2 Å². The normalized spacial score (nSPS) is 13.9. The fraction of sp³-hybridized carbons (Fsp3) is 0.750. The van der Waals surface area contributed by atoms with E-state index in [2.05, 4.69) is 10.4 Å². The van der Waals surface area contributed by atoms with E-state index in [0.717, 1.165) is 0 Å². The number of aromatic nitrogens is 2. The van der Waals surface area contributed by atoms with Gasteiger partial charge in [-0.3, -0.25) is 4.68 Å². The molecular formula is C12H20F3N3O. The van der Waals surface area contributed by atoms with Gasteiger partial charge in [-0.1, -0.05) is 6.92 Å². The van der Waals surface area contributed by atoms with E-state index in [0.29, 0.717) is 6.42 Å². The van der Waals surface area contributed by atoms with Crippen molar-refractivity contribution in [3.8, 4) is 5.75 Å². The average molecular weight is 279 g/mol. The largest absolute Gasteiger partial charge is 0.493 e. The Hall–Kier alpha value is -1.24. The SMILES string of the molecule is CCCNC(c1c(OC)cnn1C(C)C)C(F)(F)F. The molecule has 1 atom stereocenters.